The van der Waals surface area contributed by atoms with E-state index in [1.807, 2.05) is 18.5 Å². The van der Waals surface area contributed by atoms with Crippen molar-refractivity contribution in [2.45, 2.75) is 62.5 Å². The lowest BCUT2D eigenvalue weighted by Crippen LogP contribution is -2.35. The lowest BCUT2D eigenvalue weighted by atomic mass is 9.86. The van der Waals surface area contributed by atoms with Crippen molar-refractivity contribution >= 4 is 28.4 Å². The van der Waals surface area contributed by atoms with E-state index in [9.17, 15) is 4.79 Å². The summed E-state index contributed by atoms with van der Waals surface area (Å²) in [6, 6.07) is 5.62. The quantitative estimate of drug-likeness (QED) is 0.532. The Kier molecular flexibility index (Phi) is 4.08. The zero-order valence-corrected chi connectivity index (χ0v) is 19.1. The van der Waals surface area contributed by atoms with Gasteiger partial charge in [-0.1, -0.05) is 0 Å². The van der Waals surface area contributed by atoms with Gasteiger partial charge >= 0.3 is 5.97 Å². The molecule has 0 radical (unpaired) electrons. The number of ether oxygens (including phenoxy) is 2. The molecule has 3 fully saturated rings. The molecule has 3 N–H and O–H groups in total. The highest BCUT2D eigenvalue weighted by molar-refractivity contribution is 5.93. The minimum absolute atomic E-state index is 0.114. The molecule has 3 aromatic heterocycles. The van der Waals surface area contributed by atoms with Gasteiger partial charge in [0.1, 0.15) is 24.3 Å². The Hall–Kier alpha value is -3.26. The van der Waals surface area contributed by atoms with Gasteiger partial charge < -0.3 is 20.5 Å². The third-order valence-corrected chi connectivity index (χ3v) is 7.75. The average Bonchev–Trinajstić information content (AvgIpc) is 3.68. The Morgan fingerprint density at radius 2 is 1.94 bits per heavy atom. The highest BCUT2D eigenvalue weighted by atomic mass is 16.5. The number of carbonyl (C=O) groups is 1. The van der Waals surface area contributed by atoms with E-state index in [0.29, 0.717) is 35.6 Å². The first-order valence-electron chi connectivity index (χ1n) is 12.1. The summed E-state index contributed by atoms with van der Waals surface area (Å²) in [5.41, 5.74) is 8.66. The second-order valence-corrected chi connectivity index (χ2v) is 10.5. The minimum atomic E-state index is -0.467. The zero-order chi connectivity index (χ0) is 23.1. The van der Waals surface area contributed by atoms with Gasteiger partial charge in [0.05, 0.1) is 16.6 Å². The molecule has 34 heavy (non-hydrogen) atoms. The molecule has 1 spiro atoms. The van der Waals surface area contributed by atoms with Gasteiger partial charge in [0.15, 0.2) is 0 Å². The van der Waals surface area contributed by atoms with E-state index in [4.69, 9.17) is 20.2 Å². The molecule has 0 amide bonds. The van der Waals surface area contributed by atoms with Gasteiger partial charge in [0.25, 0.3) is 0 Å². The van der Waals surface area contributed by atoms with Gasteiger partial charge in [-0.25, -0.2) is 19.7 Å². The second-order valence-electron chi connectivity index (χ2n) is 10.5. The van der Waals surface area contributed by atoms with Gasteiger partial charge in [-0.2, -0.15) is 0 Å². The second kappa shape index (κ2) is 6.88. The Morgan fingerprint density at radius 3 is 2.68 bits per heavy atom. The first-order valence-corrected chi connectivity index (χ1v) is 12.1. The molecule has 4 heterocycles. The van der Waals surface area contributed by atoms with Crippen LogP contribution in [0.3, 0.4) is 0 Å². The van der Waals surface area contributed by atoms with E-state index in [0.717, 1.165) is 60.6 Å². The fraction of sp³-hybridized carbons (Fsp3) is 0.462. The maximum absolute atomic E-state index is 12.2. The van der Waals surface area contributed by atoms with Crippen LogP contribution in [-0.2, 0) is 15.7 Å². The number of esters is 1. The summed E-state index contributed by atoms with van der Waals surface area (Å²) >= 11 is 0. The van der Waals surface area contributed by atoms with Crippen LogP contribution in [-0.4, -0.2) is 33.6 Å². The summed E-state index contributed by atoms with van der Waals surface area (Å²) in [4.78, 5) is 26.3. The summed E-state index contributed by atoms with van der Waals surface area (Å²) < 4.78 is 11.4. The monoisotopic (exact) mass is 457 g/mol. The molecular weight excluding hydrogens is 430 g/mol. The molecule has 3 aromatic rings. The normalized spacial score (nSPS) is 22.1. The van der Waals surface area contributed by atoms with Crippen molar-refractivity contribution in [1.82, 2.24) is 15.0 Å². The topological polar surface area (TPSA) is 112 Å². The first kappa shape index (κ1) is 20.1. The molecule has 3 saturated carbocycles. The number of nitrogens with two attached hydrogens (primary N) is 1. The number of carbonyl (C=O) groups excluding carboxylic acids is 1. The third-order valence-electron chi connectivity index (χ3n) is 7.75. The fourth-order valence-corrected chi connectivity index (χ4v) is 5.06. The molecule has 4 aliphatic rings. The van der Waals surface area contributed by atoms with E-state index in [-0.39, 0.29) is 17.5 Å². The summed E-state index contributed by atoms with van der Waals surface area (Å²) in [5.74, 6) is 2.11. The molecule has 0 bridgehead atoms. The van der Waals surface area contributed by atoms with Crippen molar-refractivity contribution < 1.29 is 14.3 Å². The molecule has 8 heteroatoms. The molecule has 8 nitrogen and oxygen atoms in total. The number of hydrogen-bond acceptors (Lipinski definition) is 8. The van der Waals surface area contributed by atoms with Crippen LogP contribution >= 0.6 is 0 Å². The maximum atomic E-state index is 12.2. The molecule has 174 valence electrons. The van der Waals surface area contributed by atoms with Crippen molar-refractivity contribution in [3.8, 4) is 5.88 Å². The van der Waals surface area contributed by atoms with E-state index in [1.165, 1.54) is 0 Å². The predicted octanol–water partition coefficient (Wildman–Crippen LogP) is 4.10. The van der Waals surface area contributed by atoms with Crippen LogP contribution in [0.25, 0.3) is 10.8 Å². The van der Waals surface area contributed by atoms with Crippen LogP contribution < -0.4 is 15.8 Å². The number of pyridine rings is 3. The van der Waals surface area contributed by atoms with E-state index >= 15 is 0 Å². The standard InChI is InChI=1S/C26H27N5O3/c1-25(27,14-2-3-14)19-12-29-23(34-15-4-5-15)18-11-28-21(10-17(18)19)30-20-7-6-16-22(31-20)26(8-9-26)13-33-24(16)32/h6-7,10-12,14-15H,2-5,8-9,13,27H2,1H3,(H,28,30,31). The summed E-state index contributed by atoms with van der Waals surface area (Å²) in [6.07, 6.45) is 10.3. The SMILES string of the molecule is CC(N)(c1cnc(OC2CC2)c2cnc(Nc3ccc4c(n3)C3(CC3)COC4=O)cc12)C1CC1. The molecule has 3 aliphatic carbocycles. The molecule has 1 unspecified atom stereocenters. The van der Waals surface area contributed by atoms with Crippen LogP contribution in [0.2, 0.25) is 0 Å². The van der Waals surface area contributed by atoms with Crippen molar-refractivity contribution in [2.75, 3.05) is 11.9 Å². The molecule has 0 saturated heterocycles. The Labute approximate surface area is 197 Å². The molecule has 1 atom stereocenters. The highest BCUT2D eigenvalue weighted by Crippen LogP contribution is 2.51. The molecule has 0 aromatic carbocycles. The van der Waals surface area contributed by atoms with Crippen LogP contribution in [0, 0.1) is 5.92 Å². The van der Waals surface area contributed by atoms with Gasteiger partial charge in [-0.05, 0) is 80.5 Å². The number of cyclic esters (lactones) is 1. The Morgan fingerprint density at radius 1 is 1.12 bits per heavy atom. The number of nitrogens with zero attached hydrogens (tertiary/aromatic N) is 3. The van der Waals surface area contributed by atoms with Gasteiger partial charge in [-0.15, -0.1) is 0 Å². The number of hydrogen-bond donors (Lipinski definition) is 2. The predicted molar refractivity (Wildman–Crippen MR) is 126 cm³/mol. The van der Waals surface area contributed by atoms with E-state index in [2.05, 4.69) is 22.2 Å². The Bertz CT molecular complexity index is 1340. The molecular formula is C26H27N5O3. The lowest BCUT2D eigenvalue weighted by Gasteiger charge is -2.27. The number of anilines is 2. The van der Waals surface area contributed by atoms with Crippen LogP contribution in [0.1, 0.15) is 67.1 Å². The molecule has 7 rings (SSSR count). The summed E-state index contributed by atoms with van der Waals surface area (Å²) in [7, 11) is 0. The fourth-order valence-electron chi connectivity index (χ4n) is 5.06. The summed E-state index contributed by atoms with van der Waals surface area (Å²) in [5, 5.41) is 5.23. The van der Waals surface area contributed by atoms with Gasteiger partial charge in [0, 0.05) is 23.3 Å². The van der Waals surface area contributed by atoms with Crippen molar-refractivity contribution in [1.29, 1.82) is 0 Å². The van der Waals surface area contributed by atoms with E-state index in [1.54, 1.807) is 12.1 Å². The third kappa shape index (κ3) is 3.23. The number of rotatable bonds is 6. The minimum Gasteiger partial charge on any atom is -0.474 e. The highest BCUT2D eigenvalue weighted by Gasteiger charge is 2.52. The van der Waals surface area contributed by atoms with E-state index < -0.39 is 5.54 Å². The Balaban J connectivity index is 1.28. The molecule has 1 aliphatic heterocycles. The maximum Gasteiger partial charge on any atom is 0.340 e. The van der Waals surface area contributed by atoms with Crippen LogP contribution in [0.4, 0.5) is 11.6 Å². The van der Waals surface area contributed by atoms with Gasteiger partial charge in [-0.3, -0.25) is 0 Å². The van der Waals surface area contributed by atoms with Crippen LogP contribution in [0.5, 0.6) is 5.88 Å². The number of fused-ring (bicyclic) bond motifs is 3. The number of nitrogens with one attached hydrogen (secondary N) is 1. The zero-order valence-electron chi connectivity index (χ0n) is 19.1. The van der Waals surface area contributed by atoms with Crippen molar-refractivity contribution in [2.24, 2.45) is 11.7 Å². The lowest BCUT2D eigenvalue weighted by molar-refractivity contribution is 0.0418. The first-order chi connectivity index (χ1) is 16.4. The van der Waals surface area contributed by atoms with Crippen molar-refractivity contribution in [3.05, 3.63) is 47.4 Å². The number of aromatic nitrogens is 3. The average molecular weight is 458 g/mol. The van der Waals surface area contributed by atoms with Crippen LogP contribution in [0.15, 0.2) is 30.6 Å². The van der Waals surface area contributed by atoms with Gasteiger partial charge in [0.2, 0.25) is 5.88 Å². The largest absolute Gasteiger partial charge is 0.474 e. The summed E-state index contributed by atoms with van der Waals surface area (Å²) in [6.45, 7) is 2.51. The smallest absolute Gasteiger partial charge is 0.340 e. The van der Waals surface area contributed by atoms with Crippen molar-refractivity contribution in [3.63, 3.8) is 0 Å².